The van der Waals surface area contributed by atoms with Gasteiger partial charge in [-0.05, 0) is 0 Å². The van der Waals surface area contributed by atoms with Crippen LogP contribution in [-0.4, -0.2) is 159 Å². The number of H-pyrrole nitrogens is 1. The number of hydrogen-bond acceptors (Lipinski definition) is 16. The highest BCUT2D eigenvalue weighted by atomic mass is 16.8. The molecule has 11 N–H and O–H groups in total. The van der Waals surface area contributed by atoms with Gasteiger partial charge in [-0.15, -0.1) is 0 Å². The number of aromatic nitrogens is 2. The molecule has 0 bridgehead atoms. The molecule has 0 radical (unpaired) electrons. The zero-order valence-corrected chi connectivity index (χ0v) is 20.6. The van der Waals surface area contributed by atoms with Gasteiger partial charge in [0.05, 0.1) is 32.4 Å². The SMILES string of the molecule is O=C(O)CC(O)(CC(=O)O[C@@H]1[C@@H](O)[C@@H](O[C@H]2O[C@H](CO)[C@@H](O)[C@H](O)[C@H]2O)O[C@H](CO)[C@H]1O)C(=O)O.c1c[nH]cn1. The Morgan fingerprint density at radius 3 is 1.88 bits per heavy atom. The number of carboxylic acid groups (broad SMARTS) is 2. The van der Waals surface area contributed by atoms with Gasteiger partial charge in [0.15, 0.2) is 24.3 Å². The molecule has 0 spiro atoms. The molecule has 2 saturated heterocycles. The van der Waals surface area contributed by atoms with E-state index in [0.717, 1.165) is 0 Å². The molecule has 19 heteroatoms. The van der Waals surface area contributed by atoms with Crippen molar-refractivity contribution in [2.45, 2.75) is 79.9 Å². The number of aliphatic hydroxyl groups is 8. The Morgan fingerprint density at radius 2 is 1.43 bits per heavy atom. The largest absolute Gasteiger partial charge is 0.481 e. The van der Waals surface area contributed by atoms with Gasteiger partial charge < -0.3 is 75.0 Å². The number of nitrogens with one attached hydrogen (secondary N) is 1. The van der Waals surface area contributed by atoms with Crippen LogP contribution in [0.25, 0.3) is 0 Å². The van der Waals surface area contributed by atoms with E-state index in [2.05, 4.69) is 9.97 Å². The number of carboxylic acids is 2. The van der Waals surface area contributed by atoms with Crippen molar-refractivity contribution in [1.29, 1.82) is 0 Å². The van der Waals surface area contributed by atoms with Gasteiger partial charge in [0, 0.05) is 12.4 Å². The summed E-state index contributed by atoms with van der Waals surface area (Å²) in [6.45, 7) is -1.73. The van der Waals surface area contributed by atoms with Crippen LogP contribution in [0, 0.1) is 0 Å². The number of carbonyl (C=O) groups is 3. The van der Waals surface area contributed by atoms with Crippen LogP contribution >= 0.6 is 0 Å². The number of carbonyl (C=O) groups excluding carboxylic acids is 1. The summed E-state index contributed by atoms with van der Waals surface area (Å²) in [6, 6.07) is 0. The molecule has 1 unspecified atom stereocenters. The molecule has 2 fully saturated rings. The number of hydrogen-bond donors (Lipinski definition) is 11. The van der Waals surface area contributed by atoms with Crippen molar-refractivity contribution in [2.24, 2.45) is 0 Å². The lowest BCUT2D eigenvalue weighted by atomic mass is 9.95. The van der Waals surface area contributed by atoms with E-state index < -0.39 is 111 Å². The molecule has 2 aliphatic heterocycles. The third-order valence-corrected chi connectivity index (χ3v) is 5.89. The lowest BCUT2D eigenvalue weighted by Crippen LogP contribution is -2.64. The molecule has 11 atom stereocenters. The lowest BCUT2D eigenvalue weighted by Gasteiger charge is -2.45. The Bertz CT molecular complexity index is 930. The van der Waals surface area contributed by atoms with Crippen LogP contribution in [0.2, 0.25) is 0 Å². The van der Waals surface area contributed by atoms with Gasteiger partial charge in [-0.3, -0.25) is 9.59 Å². The monoisotopic (exact) mass is 584 g/mol. The van der Waals surface area contributed by atoms with Crippen molar-refractivity contribution in [1.82, 2.24) is 9.97 Å². The highest BCUT2D eigenvalue weighted by Crippen LogP contribution is 2.30. The van der Waals surface area contributed by atoms with E-state index in [1.807, 2.05) is 0 Å². The van der Waals surface area contributed by atoms with Gasteiger partial charge in [-0.25, -0.2) is 9.78 Å². The third-order valence-electron chi connectivity index (χ3n) is 5.89. The molecule has 3 rings (SSSR count). The number of aliphatic carboxylic acids is 2. The molecule has 40 heavy (non-hydrogen) atoms. The van der Waals surface area contributed by atoms with Crippen molar-refractivity contribution >= 4 is 17.9 Å². The van der Waals surface area contributed by atoms with Gasteiger partial charge in [-0.2, -0.15) is 0 Å². The molecular formula is C21H32N2O17. The molecule has 2 aliphatic rings. The second kappa shape index (κ2) is 14.7. The minimum atomic E-state index is -3.08. The minimum Gasteiger partial charge on any atom is -0.481 e. The Kier molecular flexibility index (Phi) is 12.3. The van der Waals surface area contributed by atoms with E-state index in [9.17, 15) is 55.2 Å². The van der Waals surface area contributed by atoms with Crippen molar-refractivity contribution in [3.63, 3.8) is 0 Å². The van der Waals surface area contributed by atoms with Gasteiger partial charge in [0.2, 0.25) is 0 Å². The predicted octanol–water partition coefficient (Wildman–Crippen LogP) is -5.76. The number of imidazole rings is 1. The number of nitrogens with zero attached hydrogens (tertiary/aromatic N) is 1. The number of rotatable bonds is 10. The fraction of sp³-hybridized carbons (Fsp3) is 0.714. The maximum atomic E-state index is 12.3. The first kappa shape index (κ1) is 33.4. The standard InChI is InChI=1S/C18H28O17.C3H4N2/c19-3-5-9(24)11(26)12(27)15(32-5)35-16-13(28)14(10(25)6(4-20)33-16)34-8(23)2-18(31,17(29)30)1-7(21)22;1-2-5-3-4-1/h5-6,9-16,19-20,24-28,31H,1-4H2,(H,21,22)(H,29,30);1-3H,(H,4,5)/t5-,6-,9-,10-,11+,12-,13-,14+,15-,16-,18?;/m1./s1. The summed E-state index contributed by atoms with van der Waals surface area (Å²) in [6.07, 6.45) is -15.9. The Hall–Kier alpha value is -2.82. The molecule has 19 nitrogen and oxygen atoms in total. The van der Waals surface area contributed by atoms with E-state index in [-0.39, 0.29) is 0 Å². The van der Waals surface area contributed by atoms with E-state index in [0.29, 0.717) is 0 Å². The molecule has 0 amide bonds. The van der Waals surface area contributed by atoms with Gasteiger partial charge >= 0.3 is 17.9 Å². The molecule has 228 valence electrons. The zero-order chi connectivity index (χ0) is 30.2. The zero-order valence-electron chi connectivity index (χ0n) is 20.6. The normalized spacial score (nSPS) is 35.5. The fourth-order valence-electron chi connectivity index (χ4n) is 3.73. The summed E-state index contributed by atoms with van der Waals surface area (Å²) in [4.78, 5) is 40.7. The number of aliphatic hydroxyl groups excluding tert-OH is 7. The molecule has 0 aliphatic carbocycles. The summed E-state index contributed by atoms with van der Waals surface area (Å²) >= 11 is 0. The third kappa shape index (κ3) is 8.34. The predicted molar refractivity (Wildman–Crippen MR) is 121 cm³/mol. The van der Waals surface area contributed by atoms with Crippen LogP contribution in [0.5, 0.6) is 0 Å². The first-order valence-electron chi connectivity index (χ1n) is 11.6. The van der Waals surface area contributed by atoms with Crippen molar-refractivity contribution in [3.05, 3.63) is 18.7 Å². The smallest absolute Gasteiger partial charge is 0.336 e. The van der Waals surface area contributed by atoms with Gasteiger partial charge in [-0.1, -0.05) is 0 Å². The lowest BCUT2D eigenvalue weighted by molar-refractivity contribution is -0.376. The number of ether oxygens (including phenoxy) is 4. The van der Waals surface area contributed by atoms with Crippen LogP contribution in [0.4, 0.5) is 0 Å². The molecule has 0 aromatic carbocycles. The van der Waals surface area contributed by atoms with Crippen LogP contribution in [-0.2, 0) is 33.3 Å². The molecule has 3 heterocycles. The van der Waals surface area contributed by atoms with Gasteiger partial charge in [0.25, 0.3) is 0 Å². The summed E-state index contributed by atoms with van der Waals surface area (Å²) in [5, 5.41) is 97.1. The van der Waals surface area contributed by atoms with Crippen molar-refractivity contribution < 1.29 is 84.4 Å². The average Bonchev–Trinajstić information content (AvgIpc) is 3.48. The fourth-order valence-corrected chi connectivity index (χ4v) is 3.73. The molecule has 1 aromatic rings. The summed E-state index contributed by atoms with van der Waals surface area (Å²) in [5.41, 5.74) is -3.08. The highest BCUT2D eigenvalue weighted by molar-refractivity contribution is 5.88. The summed E-state index contributed by atoms with van der Waals surface area (Å²) in [5.74, 6) is -5.35. The number of esters is 1. The Balaban J connectivity index is 0.00000100. The first-order valence-corrected chi connectivity index (χ1v) is 11.6. The Morgan fingerprint density at radius 1 is 0.850 bits per heavy atom. The van der Waals surface area contributed by atoms with E-state index in [1.54, 1.807) is 18.7 Å². The van der Waals surface area contributed by atoms with Crippen LogP contribution in [0.15, 0.2) is 18.7 Å². The van der Waals surface area contributed by atoms with Crippen LogP contribution in [0.3, 0.4) is 0 Å². The van der Waals surface area contributed by atoms with Crippen LogP contribution < -0.4 is 0 Å². The summed E-state index contributed by atoms with van der Waals surface area (Å²) in [7, 11) is 0. The first-order chi connectivity index (χ1) is 18.7. The maximum absolute atomic E-state index is 12.3. The van der Waals surface area contributed by atoms with Crippen molar-refractivity contribution in [3.8, 4) is 0 Å². The van der Waals surface area contributed by atoms with Crippen molar-refractivity contribution in [2.75, 3.05) is 13.2 Å². The van der Waals surface area contributed by atoms with E-state index in [1.165, 1.54) is 0 Å². The molecule has 1 aromatic heterocycles. The minimum absolute atomic E-state index is 0.806. The average molecular weight is 584 g/mol. The van der Waals surface area contributed by atoms with E-state index >= 15 is 0 Å². The number of aromatic amines is 1. The second-order valence-electron chi connectivity index (χ2n) is 8.84. The molecule has 0 saturated carbocycles. The molecular weight excluding hydrogens is 552 g/mol. The second-order valence-corrected chi connectivity index (χ2v) is 8.84. The Labute approximate surface area is 224 Å². The van der Waals surface area contributed by atoms with Crippen LogP contribution in [0.1, 0.15) is 12.8 Å². The highest BCUT2D eigenvalue weighted by Gasteiger charge is 2.52. The quantitative estimate of drug-likeness (QED) is 0.114. The summed E-state index contributed by atoms with van der Waals surface area (Å²) < 4.78 is 20.3. The van der Waals surface area contributed by atoms with Gasteiger partial charge in [0.1, 0.15) is 42.7 Å². The van der Waals surface area contributed by atoms with E-state index in [4.69, 9.17) is 29.2 Å². The topological polar surface area (TPSA) is 319 Å². The maximum Gasteiger partial charge on any atom is 0.336 e.